The molecule has 6 nitrogen and oxygen atoms in total. The van der Waals surface area contributed by atoms with Crippen LogP contribution < -0.4 is 4.72 Å². The Balaban J connectivity index is 2.32. The highest BCUT2D eigenvalue weighted by molar-refractivity contribution is 7.92. The summed E-state index contributed by atoms with van der Waals surface area (Å²) in [6.45, 7) is -0.0999. The molecule has 23 heavy (non-hydrogen) atoms. The fraction of sp³-hybridized carbons (Fsp3) is 0.250. The van der Waals surface area contributed by atoms with Crippen LogP contribution in [0.15, 0.2) is 35.5 Å². The number of sulfonamides is 1. The largest absolute Gasteiger partial charge is 0.419 e. The van der Waals surface area contributed by atoms with Gasteiger partial charge < -0.3 is 5.11 Å². The van der Waals surface area contributed by atoms with Crippen molar-refractivity contribution in [3.63, 3.8) is 0 Å². The molecule has 0 atom stereocenters. The van der Waals surface area contributed by atoms with Crippen molar-refractivity contribution in [3.8, 4) is 0 Å². The molecule has 1 aromatic heterocycles. The molecule has 126 valence electrons. The van der Waals surface area contributed by atoms with E-state index in [4.69, 9.17) is 5.11 Å². The summed E-state index contributed by atoms with van der Waals surface area (Å²) in [5, 5.41) is 12.5. The number of anilines is 1. The number of rotatable bonds is 5. The van der Waals surface area contributed by atoms with Crippen molar-refractivity contribution in [2.45, 2.75) is 17.6 Å². The summed E-state index contributed by atoms with van der Waals surface area (Å²) < 4.78 is 78.5. The summed E-state index contributed by atoms with van der Waals surface area (Å²) in [5.74, 6) is -1.56. The van der Waals surface area contributed by atoms with E-state index >= 15 is 0 Å². The van der Waals surface area contributed by atoms with E-state index < -0.39 is 32.5 Å². The maximum absolute atomic E-state index is 13.2. The van der Waals surface area contributed by atoms with Crippen LogP contribution in [0.5, 0.6) is 0 Å². The Morgan fingerprint density at radius 1 is 1.30 bits per heavy atom. The van der Waals surface area contributed by atoms with Crippen LogP contribution in [0.25, 0.3) is 0 Å². The fourth-order valence-corrected chi connectivity index (χ4v) is 2.80. The minimum Gasteiger partial charge on any atom is -0.394 e. The molecule has 0 radical (unpaired) electrons. The Kier molecular flexibility index (Phi) is 4.61. The number of aromatic nitrogens is 2. The molecule has 1 heterocycles. The lowest BCUT2D eigenvalue weighted by atomic mass is 10.2. The first-order valence-electron chi connectivity index (χ1n) is 6.16. The zero-order valence-corrected chi connectivity index (χ0v) is 12.2. The van der Waals surface area contributed by atoms with Crippen molar-refractivity contribution in [1.82, 2.24) is 9.78 Å². The van der Waals surface area contributed by atoms with Crippen LogP contribution >= 0.6 is 0 Å². The van der Waals surface area contributed by atoms with Gasteiger partial charge in [0.2, 0.25) is 0 Å². The van der Waals surface area contributed by atoms with Crippen LogP contribution in [0.3, 0.4) is 0 Å². The Hall–Kier alpha value is -2.14. The SMILES string of the molecule is O=S(=O)(Nc1cnn(CCO)c1)c1ccc(F)c(C(F)(F)F)c1. The normalized spacial score (nSPS) is 12.4. The van der Waals surface area contributed by atoms with Gasteiger partial charge in [0.05, 0.1) is 35.5 Å². The number of alkyl halides is 3. The van der Waals surface area contributed by atoms with Gasteiger partial charge >= 0.3 is 6.18 Å². The smallest absolute Gasteiger partial charge is 0.394 e. The van der Waals surface area contributed by atoms with Gasteiger partial charge in [-0.05, 0) is 18.2 Å². The molecule has 11 heteroatoms. The number of benzene rings is 1. The fourth-order valence-electron chi connectivity index (χ4n) is 1.74. The Bertz CT molecular complexity index is 802. The third-order valence-electron chi connectivity index (χ3n) is 2.77. The number of nitrogens with zero attached hydrogens (tertiary/aromatic N) is 2. The van der Waals surface area contributed by atoms with E-state index in [1.807, 2.05) is 4.72 Å². The first-order chi connectivity index (χ1) is 10.6. The minimum atomic E-state index is -5.01. The van der Waals surface area contributed by atoms with Crippen molar-refractivity contribution in [2.24, 2.45) is 0 Å². The van der Waals surface area contributed by atoms with Gasteiger partial charge in [-0.25, -0.2) is 12.8 Å². The molecule has 2 N–H and O–H groups in total. The number of hydrogen-bond acceptors (Lipinski definition) is 4. The van der Waals surface area contributed by atoms with E-state index in [1.54, 1.807) is 0 Å². The van der Waals surface area contributed by atoms with Crippen LogP contribution in [-0.2, 0) is 22.7 Å². The molecule has 1 aromatic carbocycles. The lowest BCUT2D eigenvalue weighted by Crippen LogP contribution is -2.15. The van der Waals surface area contributed by atoms with Crippen molar-refractivity contribution >= 4 is 15.7 Å². The summed E-state index contributed by atoms with van der Waals surface area (Å²) >= 11 is 0. The molecule has 0 fully saturated rings. The van der Waals surface area contributed by atoms with Crippen LogP contribution in [0.2, 0.25) is 0 Å². The third-order valence-corrected chi connectivity index (χ3v) is 4.15. The quantitative estimate of drug-likeness (QED) is 0.804. The highest BCUT2D eigenvalue weighted by atomic mass is 32.2. The Morgan fingerprint density at radius 3 is 2.61 bits per heavy atom. The molecular formula is C12H11F4N3O3S. The van der Waals surface area contributed by atoms with Crippen molar-refractivity contribution in [2.75, 3.05) is 11.3 Å². The summed E-state index contributed by atoms with van der Waals surface area (Å²) in [6.07, 6.45) is -2.63. The first kappa shape index (κ1) is 17.2. The summed E-state index contributed by atoms with van der Waals surface area (Å²) in [5.41, 5.74) is -1.67. The second kappa shape index (κ2) is 6.16. The van der Waals surface area contributed by atoms with E-state index in [0.717, 1.165) is 12.3 Å². The molecule has 0 aliphatic carbocycles. The zero-order chi connectivity index (χ0) is 17.3. The highest BCUT2D eigenvalue weighted by Crippen LogP contribution is 2.33. The predicted octanol–water partition coefficient (Wildman–Crippen LogP) is 1.83. The summed E-state index contributed by atoms with van der Waals surface area (Å²) in [6, 6.07) is 1.38. The molecule has 0 saturated carbocycles. The summed E-state index contributed by atoms with van der Waals surface area (Å²) in [7, 11) is -4.35. The first-order valence-corrected chi connectivity index (χ1v) is 7.64. The standard InChI is InChI=1S/C12H11F4N3O3S/c13-11-2-1-9(5-10(11)12(14,15)16)23(21,22)18-8-6-17-19(7-8)3-4-20/h1-2,5-7,18,20H,3-4H2. The van der Waals surface area contributed by atoms with Gasteiger partial charge in [0.15, 0.2) is 0 Å². The van der Waals surface area contributed by atoms with Crippen molar-refractivity contribution in [3.05, 3.63) is 42.0 Å². The molecule has 0 saturated heterocycles. The van der Waals surface area contributed by atoms with E-state index in [9.17, 15) is 26.0 Å². The van der Waals surface area contributed by atoms with Gasteiger partial charge in [0.25, 0.3) is 10.0 Å². The minimum absolute atomic E-state index is 0.00339. The molecule has 0 aliphatic rings. The van der Waals surface area contributed by atoms with Gasteiger partial charge in [-0.1, -0.05) is 0 Å². The maximum atomic E-state index is 13.2. The molecule has 0 bridgehead atoms. The highest BCUT2D eigenvalue weighted by Gasteiger charge is 2.35. The zero-order valence-electron chi connectivity index (χ0n) is 11.4. The van der Waals surface area contributed by atoms with Crippen molar-refractivity contribution < 1.29 is 31.1 Å². The lowest BCUT2D eigenvalue weighted by molar-refractivity contribution is -0.140. The lowest BCUT2D eigenvalue weighted by Gasteiger charge is -2.11. The average molecular weight is 353 g/mol. The number of nitrogens with one attached hydrogen (secondary N) is 1. The molecule has 2 rings (SSSR count). The van der Waals surface area contributed by atoms with Crippen LogP contribution in [-0.4, -0.2) is 29.9 Å². The third kappa shape index (κ3) is 3.99. The van der Waals surface area contributed by atoms with E-state index in [1.165, 1.54) is 10.9 Å². The van der Waals surface area contributed by atoms with Gasteiger partial charge in [-0.2, -0.15) is 18.3 Å². The van der Waals surface area contributed by atoms with E-state index in [-0.39, 0.29) is 24.9 Å². The predicted molar refractivity (Wildman–Crippen MR) is 71.5 cm³/mol. The number of aliphatic hydroxyl groups is 1. The number of halogens is 4. The van der Waals surface area contributed by atoms with E-state index in [2.05, 4.69) is 5.10 Å². The number of hydrogen-bond donors (Lipinski definition) is 2. The van der Waals surface area contributed by atoms with Gasteiger partial charge in [0.1, 0.15) is 5.82 Å². The Labute approximate surface area is 128 Å². The molecule has 0 amide bonds. The molecule has 2 aromatic rings. The van der Waals surface area contributed by atoms with E-state index in [0.29, 0.717) is 6.07 Å². The molecule has 0 spiro atoms. The van der Waals surface area contributed by atoms with Gasteiger partial charge in [0, 0.05) is 6.20 Å². The maximum Gasteiger partial charge on any atom is 0.419 e. The molecule has 0 aliphatic heterocycles. The van der Waals surface area contributed by atoms with Crippen LogP contribution in [0, 0.1) is 5.82 Å². The van der Waals surface area contributed by atoms with Crippen LogP contribution in [0.4, 0.5) is 23.2 Å². The molecule has 0 unspecified atom stereocenters. The molecular weight excluding hydrogens is 342 g/mol. The van der Waals surface area contributed by atoms with Gasteiger partial charge in [-0.3, -0.25) is 9.40 Å². The Morgan fingerprint density at radius 2 is 2.00 bits per heavy atom. The monoisotopic (exact) mass is 353 g/mol. The van der Waals surface area contributed by atoms with Crippen molar-refractivity contribution in [1.29, 1.82) is 0 Å². The second-order valence-corrected chi connectivity index (χ2v) is 6.14. The summed E-state index contributed by atoms with van der Waals surface area (Å²) in [4.78, 5) is -0.735. The van der Waals surface area contributed by atoms with Crippen LogP contribution in [0.1, 0.15) is 5.56 Å². The average Bonchev–Trinajstić information content (AvgIpc) is 2.84. The number of aliphatic hydroxyl groups excluding tert-OH is 1. The van der Waals surface area contributed by atoms with Gasteiger partial charge in [-0.15, -0.1) is 0 Å². The second-order valence-electron chi connectivity index (χ2n) is 4.46. The topological polar surface area (TPSA) is 84.2 Å².